The molecule has 2 saturated heterocycles. The number of aromatic nitrogens is 3. The van der Waals surface area contributed by atoms with Gasteiger partial charge in [0.05, 0.1) is 28.3 Å². The first-order valence-electron chi connectivity index (χ1n) is 13.5. The van der Waals surface area contributed by atoms with Crippen LogP contribution in [0.4, 0.5) is 6.01 Å². The maximum atomic E-state index is 11.2. The Kier molecular flexibility index (Phi) is 6.53. The summed E-state index contributed by atoms with van der Waals surface area (Å²) in [4.78, 5) is 18.0. The number of aromatic carboxylic acids is 1. The fourth-order valence-electron chi connectivity index (χ4n) is 6.02. The van der Waals surface area contributed by atoms with Gasteiger partial charge in [-0.05, 0) is 62.8 Å². The van der Waals surface area contributed by atoms with Crippen LogP contribution in [0.25, 0.3) is 22.6 Å². The van der Waals surface area contributed by atoms with Gasteiger partial charge in [0.1, 0.15) is 11.5 Å². The van der Waals surface area contributed by atoms with E-state index in [1.165, 1.54) is 12.1 Å². The zero-order valence-corrected chi connectivity index (χ0v) is 22.9. The summed E-state index contributed by atoms with van der Waals surface area (Å²) in [5, 5.41) is 18.8. The van der Waals surface area contributed by atoms with E-state index in [1.54, 1.807) is 24.3 Å². The number of ether oxygens (including phenoxy) is 1. The Balaban J connectivity index is 1.06. The molecule has 4 aromatic rings. The summed E-state index contributed by atoms with van der Waals surface area (Å²) in [5.41, 5.74) is 3.19. The highest BCUT2D eigenvalue weighted by Gasteiger charge is 2.44. The molecule has 4 heterocycles. The minimum Gasteiger partial charge on any atom is -0.478 e. The molecule has 0 spiro atoms. The number of rotatable bonds is 8. The lowest BCUT2D eigenvalue weighted by Gasteiger charge is -2.37. The Hall–Kier alpha value is -3.40. The highest BCUT2D eigenvalue weighted by Crippen LogP contribution is 2.47. The van der Waals surface area contributed by atoms with E-state index in [0.29, 0.717) is 51.2 Å². The second-order valence-corrected chi connectivity index (χ2v) is 11.5. The third-order valence-corrected chi connectivity index (χ3v) is 8.78. The first-order valence-corrected chi connectivity index (χ1v) is 14.2. The van der Waals surface area contributed by atoms with Crippen molar-refractivity contribution in [3.05, 3.63) is 69.4 Å². The smallest absolute Gasteiger partial charge is 0.335 e. The van der Waals surface area contributed by atoms with Gasteiger partial charge >= 0.3 is 12.0 Å². The molecule has 11 heteroatoms. The first kappa shape index (κ1) is 25.6. The summed E-state index contributed by atoms with van der Waals surface area (Å²) in [7, 11) is 0. The average Bonchev–Trinajstić information content (AvgIpc) is 3.42. The van der Waals surface area contributed by atoms with Crippen LogP contribution in [-0.4, -0.2) is 44.6 Å². The molecular weight excluding hydrogens is 555 g/mol. The van der Waals surface area contributed by atoms with E-state index in [2.05, 4.69) is 20.2 Å². The Labute approximate surface area is 240 Å². The molecule has 2 bridgehead atoms. The normalized spacial score (nSPS) is 22.1. The van der Waals surface area contributed by atoms with E-state index in [4.69, 9.17) is 42.1 Å². The average molecular weight is 581 g/mol. The van der Waals surface area contributed by atoms with Crippen LogP contribution in [0.5, 0.6) is 0 Å². The van der Waals surface area contributed by atoms with Crippen LogP contribution in [0.1, 0.15) is 66.1 Å². The van der Waals surface area contributed by atoms with Crippen molar-refractivity contribution in [3.8, 4) is 22.6 Å². The Bertz CT molecular complexity index is 1530. The van der Waals surface area contributed by atoms with E-state index in [0.717, 1.165) is 49.8 Å². The lowest BCUT2D eigenvalue weighted by Crippen LogP contribution is -2.45. The number of carbonyl (C=O) groups is 1. The fourth-order valence-corrected chi connectivity index (χ4v) is 6.60. The monoisotopic (exact) mass is 580 g/mol. The topological polar surface area (TPSA) is 115 Å². The van der Waals surface area contributed by atoms with Crippen molar-refractivity contribution in [2.24, 2.45) is 0 Å². The SMILES string of the molecule is O=C(O)c1ccc(-c2noc(N3[C@@H]4CC[C@H]3C[C@@H](OCc3c(-c5c(Cl)cccc5Cl)noc3C3CC3)C4)n2)cc1. The molecule has 1 aliphatic carbocycles. The van der Waals surface area contributed by atoms with E-state index < -0.39 is 5.97 Å². The molecule has 2 aromatic carbocycles. The number of halogens is 2. The zero-order valence-electron chi connectivity index (χ0n) is 21.4. The molecule has 0 radical (unpaired) electrons. The molecule has 9 nitrogen and oxygen atoms in total. The van der Waals surface area contributed by atoms with Crippen molar-refractivity contribution >= 4 is 35.2 Å². The van der Waals surface area contributed by atoms with Gasteiger partial charge in [0.2, 0.25) is 5.82 Å². The lowest BCUT2D eigenvalue weighted by molar-refractivity contribution is 0.0138. The van der Waals surface area contributed by atoms with Crippen LogP contribution >= 0.6 is 23.2 Å². The van der Waals surface area contributed by atoms with Crippen LogP contribution in [0, 0.1) is 0 Å². The van der Waals surface area contributed by atoms with Gasteiger partial charge in [-0.25, -0.2) is 4.79 Å². The van der Waals surface area contributed by atoms with Gasteiger partial charge in [-0.3, -0.25) is 0 Å². The molecule has 1 N–H and O–H groups in total. The Morgan fingerprint density at radius 3 is 2.33 bits per heavy atom. The maximum absolute atomic E-state index is 11.2. The Morgan fingerprint density at radius 2 is 1.68 bits per heavy atom. The number of nitrogens with zero attached hydrogens (tertiary/aromatic N) is 4. The minimum absolute atomic E-state index is 0.0659. The van der Waals surface area contributed by atoms with E-state index in [9.17, 15) is 4.79 Å². The Morgan fingerprint density at radius 1 is 0.975 bits per heavy atom. The molecule has 2 aliphatic heterocycles. The van der Waals surface area contributed by atoms with Crippen LogP contribution in [0.2, 0.25) is 10.0 Å². The third kappa shape index (κ3) is 4.66. The molecule has 0 amide bonds. The summed E-state index contributed by atoms with van der Waals surface area (Å²) in [6.07, 6.45) is 5.96. The summed E-state index contributed by atoms with van der Waals surface area (Å²) in [5.74, 6) is 0.710. The van der Waals surface area contributed by atoms with Crippen LogP contribution in [0.3, 0.4) is 0 Å². The predicted molar refractivity (Wildman–Crippen MR) is 148 cm³/mol. The third-order valence-electron chi connectivity index (χ3n) is 8.15. The number of carboxylic acid groups (broad SMARTS) is 1. The molecule has 206 valence electrons. The van der Waals surface area contributed by atoms with E-state index in [1.807, 2.05) is 6.07 Å². The zero-order chi connectivity index (χ0) is 27.4. The van der Waals surface area contributed by atoms with Crippen LogP contribution in [-0.2, 0) is 11.3 Å². The van der Waals surface area contributed by atoms with E-state index >= 15 is 0 Å². The predicted octanol–water partition coefficient (Wildman–Crippen LogP) is 6.99. The van der Waals surface area contributed by atoms with Crippen molar-refractivity contribution in [3.63, 3.8) is 0 Å². The van der Waals surface area contributed by atoms with Gasteiger partial charge in [0.15, 0.2) is 0 Å². The van der Waals surface area contributed by atoms with Crippen molar-refractivity contribution in [2.45, 2.75) is 69.2 Å². The standard InChI is InChI=1S/C29H26Cl2N4O5/c30-22-2-1-3-23(31)24(22)25-21(26(39-33-25)15-4-5-15)14-38-20-12-18-10-11-19(13-20)35(18)29-32-27(34-40-29)16-6-8-17(9-7-16)28(36)37/h1-3,6-9,15,18-20H,4-5,10-14H2,(H,36,37)/t18-,19+,20+. The van der Waals surface area contributed by atoms with Crippen LogP contribution < -0.4 is 4.90 Å². The van der Waals surface area contributed by atoms with Gasteiger partial charge < -0.3 is 23.8 Å². The highest BCUT2D eigenvalue weighted by atomic mass is 35.5. The maximum Gasteiger partial charge on any atom is 0.335 e. The van der Waals surface area contributed by atoms with Gasteiger partial charge in [-0.1, -0.05) is 51.7 Å². The molecule has 3 atom stereocenters. The van der Waals surface area contributed by atoms with Crippen molar-refractivity contribution < 1.29 is 23.7 Å². The number of benzene rings is 2. The van der Waals surface area contributed by atoms with Gasteiger partial charge in [0, 0.05) is 34.7 Å². The number of fused-ring (bicyclic) bond motifs is 2. The van der Waals surface area contributed by atoms with Gasteiger partial charge in [-0.2, -0.15) is 4.98 Å². The molecule has 40 heavy (non-hydrogen) atoms. The summed E-state index contributed by atoms with van der Waals surface area (Å²) in [6, 6.07) is 12.8. The molecular formula is C29H26Cl2N4O5. The van der Waals surface area contributed by atoms with Crippen molar-refractivity contribution in [2.75, 3.05) is 4.90 Å². The number of piperidine rings is 1. The molecule has 0 unspecified atom stereocenters. The number of carboxylic acids is 1. The minimum atomic E-state index is -0.973. The number of anilines is 1. The number of hydrogen-bond donors (Lipinski definition) is 1. The number of hydrogen-bond acceptors (Lipinski definition) is 8. The quantitative estimate of drug-likeness (QED) is 0.235. The second kappa shape index (κ2) is 10.2. The highest BCUT2D eigenvalue weighted by molar-refractivity contribution is 6.39. The molecule has 3 fully saturated rings. The molecule has 1 saturated carbocycles. The fraction of sp³-hybridized carbons (Fsp3) is 0.379. The molecule has 3 aliphatic rings. The molecule has 7 rings (SSSR count). The van der Waals surface area contributed by atoms with Gasteiger partial charge in [-0.15, -0.1) is 0 Å². The van der Waals surface area contributed by atoms with Crippen molar-refractivity contribution in [1.29, 1.82) is 0 Å². The lowest BCUT2D eigenvalue weighted by atomic mass is 9.99. The van der Waals surface area contributed by atoms with Crippen molar-refractivity contribution in [1.82, 2.24) is 15.3 Å². The first-order chi connectivity index (χ1) is 19.5. The van der Waals surface area contributed by atoms with Crippen LogP contribution in [0.15, 0.2) is 51.5 Å². The molecule has 2 aromatic heterocycles. The van der Waals surface area contributed by atoms with Gasteiger partial charge in [0.25, 0.3) is 0 Å². The summed E-state index contributed by atoms with van der Waals surface area (Å²) < 4.78 is 18.0. The summed E-state index contributed by atoms with van der Waals surface area (Å²) in [6.45, 7) is 0.382. The van der Waals surface area contributed by atoms with E-state index in [-0.39, 0.29) is 23.8 Å². The second-order valence-electron chi connectivity index (χ2n) is 10.7. The largest absolute Gasteiger partial charge is 0.478 e. The summed E-state index contributed by atoms with van der Waals surface area (Å²) >= 11 is 13.0.